The highest BCUT2D eigenvalue weighted by Gasteiger charge is 2.13. The molecule has 0 saturated heterocycles. The Kier molecular flexibility index (Phi) is 2.68. The fraction of sp³-hybridized carbons (Fsp3) is 0. The first-order chi connectivity index (χ1) is 8.29. The first kappa shape index (κ1) is 12.3. The zero-order valence-corrected chi connectivity index (χ0v) is 9.82. The van der Waals surface area contributed by atoms with Gasteiger partial charge < -0.3 is 10.7 Å². The Labute approximate surface area is 101 Å². The van der Waals surface area contributed by atoms with Crippen molar-refractivity contribution in [1.29, 1.82) is 0 Å². The number of hydrogen-bond acceptors (Lipinski definition) is 4. The molecule has 0 aliphatic rings. The number of hydrogen-bond donors (Lipinski definition) is 3. The second kappa shape index (κ2) is 3.93. The Hall–Kier alpha value is -2.19. The number of aromatic nitrogens is 1. The lowest BCUT2D eigenvalue weighted by Gasteiger charge is -2.04. The SMILES string of the molecule is NC(=O)c1cc(=O)[nH]c2ccc(S(N)(=O)=O)cc12. The van der Waals surface area contributed by atoms with Gasteiger partial charge >= 0.3 is 0 Å². The number of carbonyl (C=O) groups is 1. The third kappa shape index (κ3) is 2.11. The van der Waals surface area contributed by atoms with E-state index in [4.69, 9.17) is 10.9 Å². The largest absolute Gasteiger partial charge is 0.366 e. The molecule has 0 fully saturated rings. The molecule has 1 amide bonds. The van der Waals surface area contributed by atoms with Gasteiger partial charge in [0.25, 0.3) is 0 Å². The van der Waals surface area contributed by atoms with E-state index in [1.807, 2.05) is 0 Å². The summed E-state index contributed by atoms with van der Waals surface area (Å²) in [5.74, 6) is -0.822. The molecular weight excluding hydrogens is 258 g/mol. The second-order valence-electron chi connectivity index (χ2n) is 3.66. The van der Waals surface area contributed by atoms with Crippen molar-refractivity contribution >= 4 is 26.8 Å². The van der Waals surface area contributed by atoms with Crippen molar-refractivity contribution in [3.8, 4) is 0 Å². The van der Waals surface area contributed by atoms with Crippen molar-refractivity contribution in [2.45, 2.75) is 4.90 Å². The number of fused-ring (bicyclic) bond motifs is 1. The summed E-state index contributed by atoms with van der Waals surface area (Å²) in [5.41, 5.74) is 4.89. The van der Waals surface area contributed by atoms with E-state index < -0.39 is 21.5 Å². The minimum atomic E-state index is -3.89. The number of primary sulfonamides is 1. The summed E-state index contributed by atoms with van der Waals surface area (Å²) in [6.07, 6.45) is 0. The Balaban J connectivity index is 2.92. The van der Waals surface area contributed by atoms with E-state index in [1.165, 1.54) is 18.2 Å². The Morgan fingerprint density at radius 3 is 2.44 bits per heavy atom. The van der Waals surface area contributed by atoms with Crippen LogP contribution in [0.5, 0.6) is 0 Å². The number of benzene rings is 1. The van der Waals surface area contributed by atoms with E-state index in [9.17, 15) is 18.0 Å². The number of carbonyl (C=O) groups excluding carboxylic acids is 1. The summed E-state index contributed by atoms with van der Waals surface area (Å²) < 4.78 is 22.4. The van der Waals surface area contributed by atoms with E-state index in [-0.39, 0.29) is 15.8 Å². The van der Waals surface area contributed by atoms with E-state index in [2.05, 4.69) is 4.98 Å². The predicted molar refractivity (Wildman–Crippen MR) is 64.5 cm³/mol. The summed E-state index contributed by atoms with van der Waals surface area (Å²) in [4.78, 5) is 24.8. The number of H-pyrrole nitrogens is 1. The Morgan fingerprint density at radius 2 is 1.89 bits per heavy atom. The van der Waals surface area contributed by atoms with E-state index in [1.54, 1.807) is 0 Å². The highest BCUT2D eigenvalue weighted by molar-refractivity contribution is 7.89. The van der Waals surface area contributed by atoms with Crippen LogP contribution in [0, 0.1) is 0 Å². The molecule has 94 valence electrons. The van der Waals surface area contributed by atoms with Crippen molar-refractivity contribution in [2.24, 2.45) is 10.9 Å². The standard InChI is InChI=1S/C10H9N3O4S/c11-10(15)7-4-9(14)13-8-2-1-5(3-6(7)8)18(12,16)17/h1-4H,(H2,11,15)(H,13,14)(H2,12,16,17). The van der Waals surface area contributed by atoms with Crippen LogP contribution in [-0.2, 0) is 10.0 Å². The molecule has 1 heterocycles. The van der Waals surface area contributed by atoms with E-state index in [0.717, 1.165) is 6.07 Å². The molecule has 5 N–H and O–H groups in total. The number of nitrogens with two attached hydrogens (primary N) is 2. The molecule has 0 bridgehead atoms. The quantitative estimate of drug-likeness (QED) is 0.660. The highest BCUT2D eigenvalue weighted by Crippen LogP contribution is 2.18. The molecule has 2 aromatic rings. The van der Waals surface area contributed by atoms with Gasteiger partial charge in [-0.25, -0.2) is 13.6 Å². The first-order valence-corrected chi connectivity index (χ1v) is 6.33. The van der Waals surface area contributed by atoms with Crippen molar-refractivity contribution in [2.75, 3.05) is 0 Å². The van der Waals surface area contributed by atoms with Gasteiger partial charge in [0.15, 0.2) is 0 Å². The molecule has 2 rings (SSSR count). The zero-order chi connectivity index (χ0) is 13.5. The lowest BCUT2D eigenvalue weighted by Crippen LogP contribution is -2.17. The molecule has 0 radical (unpaired) electrons. The minimum absolute atomic E-state index is 0.0562. The molecule has 0 unspecified atom stereocenters. The monoisotopic (exact) mass is 267 g/mol. The number of primary amides is 1. The molecular formula is C10H9N3O4S. The van der Waals surface area contributed by atoms with Crippen LogP contribution in [0.15, 0.2) is 34.0 Å². The molecule has 1 aromatic carbocycles. The summed E-state index contributed by atoms with van der Waals surface area (Å²) in [6, 6.07) is 4.79. The van der Waals surface area contributed by atoms with Gasteiger partial charge in [-0.15, -0.1) is 0 Å². The van der Waals surface area contributed by atoms with Gasteiger partial charge in [-0.05, 0) is 18.2 Å². The first-order valence-electron chi connectivity index (χ1n) is 4.79. The van der Waals surface area contributed by atoms with Gasteiger partial charge in [0, 0.05) is 17.0 Å². The van der Waals surface area contributed by atoms with Gasteiger partial charge in [-0.1, -0.05) is 0 Å². The van der Waals surface area contributed by atoms with Crippen LogP contribution >= 0.6 is 0 Å². The van der Waals surface area contributed by atoms with Crippen molar-refractivity contribution < 1.29 is 13.2 Å². The molecule has 0 aliphatic carbocycles. The smallest absolute Gasteiger partial charge is 0.249 e. The lowest BCUT2D eigenvalue weighted by molar-refractivity contribution is 0.100. The van der Waals surface area contributed by atoms with Crippen LogP contribution in [0.3, 0.4) is 0 Å². The number of aromatic amines is 1. The maximum absolute atomic E-state index is 11.3. The number of amides is 1. The average Bonchev–Trinajstić information content (AvgIpc) is 2.25. The average molecular weight is 267 g/mol. The second-order valence-corrected chi connectivity index (χ2v) is 5.23. The number of sulfonamides is 1. The maximum atomic E-state index is 11.3. The molecule has 0 saturated carbocycles. The van der Waals surface area contributed by atoms with Crippen LogP contribution in [0.1, 0.15) is 10.4 Å². The normalized spacial score (nSPS) is 11.6. The zero-order valence-electron chi connectivity index (χ0n) is 9.01. The van der Waals surface area contributed by atoms with Crippen molar-refractivity contribution in [3.05, 3.63) is 40.2 Å². The van der Waals surface area contributed by atoms with Crippen LogP contribution in [-0.4, -0.2) is 19.3 Å². The molecule has 0 spiro atoms. The van der Waals surface area contributed by atoms with Gasteiger partial charge in [0.1, 0.15) is 0 Å². The van der Waals surface area contributed by atoms with Gasteiger partial charge in [-0.3, -0.25) is 9.59 Å². The molecule has 7 nitrogen and oxygen atoms in total. The van der Waals surface area contributed by atoms with E-state index >= 15 is 0 Å². The summed E-state index contributed by atoms with van der Waals surface area (Å²) in [5, 5.41) is 5.22. The Bertz CT molecular complexity index is 807. The van der Waals surface area contributed by atoms with Crippen LogP contribution < -0.4 is 16.4 Å². The lowest BCUT2D eigenvalue weighted by atomic mass is 10.1. The van der Waals surface area contributed by atoms with Crippen molar-refractivity contribution in [3.63, 3.8) is 0 Å². The fourth-order valence-corrected chi connectivity index (χ4v) is 2.15. The molecule has 18 heavy (non-hydrogen) atoms. The molecule has 0 atom stereocenters. The highest BCUT2D eigenvalue weighted by atomic mass is 32.2. The van der Waals surface area contributed by atoms with E-state index in [0.29, 0.717) is 5.52 Å². The molecule has 1 aromatic heterocycles. The summed E-state index contributed by atoms with van der Waals surface area (Å²) in [7, 11) is -3.89. The third-order valence-corrected chi connectivity index (χ3v) is 3.32. The number of pyridine rings is 1. The maximum Gasteiger partial charge on any atom is 0.249 e. The minimum Gasteiger partial charge on any atom is -0.366 e. The van der Waals surface area contributed by atoms with Crippen LogP contribution in [0.25, 0.3) is 10.9 Å². The van der Waals surface area contributed by atoms with Gasteiger partial charge in [0.2, 0.25) is 21.5 Å². The van der Waals surface area contributed by atoms with Crippen LogP contribution in [0.4, 0.5) is 0 Å². The number of nitrogens with one attached hydrogen (secondary N) is 1. The topological polar surface area (TPSA) is 136 Å². The number of rotatable bonds is 2. The van der Waals surface area contributed by atoms with Crippen LogP contribution in [0.2, 0.25) is 0 Å². The van der Waals surface area contributed by atoms with Crippen molar-refractivity contribution in [1.82, 2.24) is 4.98 Å². The fourth-order valence-electron chi connectivity index (χ4n) is 1.61. The van der Waals surface area contributed by atoms with Gasteiger partial charge in [-0.2, -0.15) is 0 Å². The molecule has 0 aliphatic heterocycles. The summed E-state index contributed by atoms with van der Waals surface area (Å²) >= 11 is 0. The summed E-state index contributed by atoms with van der Waals surface area (Å²) in [6.45, 7) is 0. The Morgan fingerprint density at radius 1 is 1.22 bits per heavy atom. The molecule has 8 heteroatoms. The predicted octanol–water partition coefficient (Wildman–Crippen LogP) is -0.726. The third-order valence-electron chi connectivity index (χ3n) is 2.41. The van der Waals surface area contributed by atoms with Gasteiger partial charge in [0.05, 0.1) is 10.5 Å².